The number of nitrogens with zero attached hydrogens (tertiary/aromatic N) is 1. The van der Waals surface area contributed by atoms with Gasteiger partial charge in [-0.2, -0.15) is 0 Å². The van der Waals surface area contributed by atoms with Gasteiger partial charge in [0.2, 0.25) is 5.91 Å². The van der Waals surface area contributed by atoms with Crippen LogP contribution in [0.15, 0.2) is 94.7 Å². The third-order valence-corrected chi connectivity index (χ3v) is 9.80. The summed E-state index contributed by atoms with van der Waals surface area (Å²) in [6, 6.07) is 21.8. The topological polar surface area (TPSA) is 131 Å². The molecule has 0 aliphatic carbocycles. The first-order chi connectivity index (χ1) is 20.3. The molecule has 0 aromatic heterocycles. The van der Waals surface area contributed by atoms with Crippen LogP contribution in [0.5, 0.6) is 11.5 Å². The maximum absolute atomic E-state index is 13.7. The first-order valence-electron chi connectivity index (χ1n) is 13.2. The zero-order chi connectivity index (χ0) is 31.4. The van der Waals surface area contributed by atoms with Crippen molar-refractivity contribution in [2.75, 3.05) is 35.1 Å². The highest BCUT2D eigenvalue weighted by Crippen LogP contribution is 2.34. The van der Waals surface area contributed by atoms with Crippen LogP contribution < -0.4 is 23.8 Å². The molecule has 4 aromatic rings. The summed E-state index contributed by atoms with van der Waals surface area (Å²) in [5.74, 6) is 0.0377. The second-order valence-electron chi connectivity index (χ2n) is 9.86. The Morgan fingerprint density at radius 3 is 1.93 bits per heavy atom. The third-order valence-electron chi connectivity index (χ3n) is 6.63. The largest absolute Gasteiger partial charge is 0.493 e. The number of amides is 1. The molecule has 10 nitrogen and oxygen atoms in total. The number of benzene rings is 4. The van der Waals surface area contributed by atoms with E-state index in [1.807, 2.05) is 32.9 Å². The van der Waals surface area contributed by atoms with Gasteiger partial charge in [-0.1, -0.05) is 35.4 Å². The van der Waals surface area contributed by atoms with Crippen molar-refractivity contribution in [1.82, 2.24) is 0 Å². The number of aryl methyl sites for hydroxylation is 3. The normalized spacial score (nSPS) is 11.5. The van der Waals surface area contributed by atoms with E-state index >= 15 is 0 Å². The van der Waals surface area contributed by atoms with E-state index in [9.17, 15) is 21.6 Å². The molecule has 4 aromatic carbocycles. The Balaban J connectivity index is 1.57. The molecule has 0 fully saturated rings. The van der Waals surface area contributed by atoms with Gasteiger partial charge >= 0.3 is 0 Å². The summed E-state index contributed by atoms with van der Waals surface area (Å²) in [4.78, 5) is 13.2. The quantitative estimate of drug-likeness (QED) is 0.233. The van der Waals surface area contributed by atoms with Gasteiger partial charge in [-0.05, 0) is 80.9 Å². The van der Waals surface area contributed by atoms with Gasteiger partial charge in [0.25, 0.3) is 20.0 Å². The van der Waals surface area contributed by atoms with Crippen molar-refractivity contribution < 1.29 is 31.1 Å². The highest BCUT2D eigenvalue weighted by atomic mass is 32.2. The summed E-state index contributed by atoms with van der Waals surface area (Å²) >= 11 is 0. The number of methoxy groups -OCH3 is 2. The standard InChI is InChI=1S/C31H33N3O7S2/c1-21-6-12-27(13-7-21)43(38,39)34(25-11-17-29(40-4)30(19-25)41-5)20-31(35)32-24-9-14-26(15-10-24)42(36,37)33-28-16-8-22(2)18-23(28)3/h6-19,33H,20H2,1-5H3,(H,32,35). The van der Waals surface area contributed by atoms with Crippen LogP contribution in [-0.2, 0) is 24.8 Å². The van der Waals surface area contributed by atoms with Gasteiger partial charge in [0.05, 0.1) is 35.4 Å². The average Bonchev–Trinajstić information content (AvgIpc) is 2.97. The minimum atomic E-state index is -4.18. The zero-order valence-electron chi connectivity index (χ0n) is 24.4. The number of nitrogens with one attached hydrogen (secondary N) is 2. The van der Waals surface area contributed by atoms with Crippen molar-refractivity contribution >= 4 is 43.0 Å². The Hall–Kier alpha value is -4.55. The van der Waals surface area contributed by atoms with Gasteiger partial charge in [-0.3, -0.25) is 13.8 Å². The molecule has 1 amide bonds. The zero-order valence-corrected chi connectivity index (χ0v) is 26.0. The number of hydrogen-bond donors (Lipinski definition) is 2. The van der Waals surface area contributed by atoms with Crippen molar-refractivity contribution in [2.24, 2.45) is 0 Å². The van der Waals surface area contributed by atoms with Gasteiger partial charge in [0.1, 0.15) is 6.54 Å². The number of carbonyl (C=O) groups excluding carboxylic acids is 1. The fourth-order valence-electron chi connectivity index (χ4n) is 4.31. The van der Waals surface area contributed by atoms with Crippen LogP contribution in [-0.4, -0.2) is 43.5 Å². The number of ether oxygens (including phenoxy) is 2. The Labute approximate surface area is 252 Å². The van der Waals surface area contributed by atoms with Crippen molar-refractivity contribution in [2.45, 2.75) is 30.6 Å². The van der Waals surface area contributed by atoms with E-state index in [2.05, 4.69) is 10.0 Å². The maximum atomic E-state index is 13.7. The van der Waals surface area contributed by atoms with Crippen LogP contribution in [0.3, 0.4) is 0 Å². The number of rotatable bonds is 11. The van der Waals surface area contributed by atoms with Crippen LogP contribution in [0.25, 0.3) is 0 Å². The predicted molar refractivity (Wildman–Crippen MR) is 167 cm³/mol. The minimum Gasteiger partial charge on any atom is -0.493 e. The summed E-state index contributed by atoms with van der Waals surface area (Å²) < 4.78 is 67.5. The molecule has 43 heavy (non-hydrogen) atoms. The maximum Gasteiger partial charge on any atom is 0.264 e. The smallest absolute Gasteiger partial charge is 0.264 e. The molecule has 0 spiro atoms. The van der Waals surface area contributed by atoms with Crippen molar-refractivity contribution in [3.63, 3.8) is 0 Å². The highest BCUT2D eigenvalue weighted by Gasteiger charge is 2.28. The monoisotopic (exact) mass is 623 g/mol. The van der Waals surface area contributed by atoms with Crippen LogP contribution >= 0.6 is 0 Å². The first-order valence-corrected chi connectivity index (χ1v) is 16.1. The summed E-state index contributed by atoms with van der Waals surface area (Å²) in [7, 11) is -5.18. The summed E-state index contributed by atoms with van der Waals surface area (Å²) in [6.45, 7) is 5.00. The molecular weight excluding hydrogens is 590 g/mol. The molecule has 0 atom stereocenters. The minimum absolute atomic E-state index is 0.000577. The highest BCUT2D eigenvalue weighted by molar-refractivity contribution is 7.93. The number of sulfonamides is 2. The van der Waals surface area contributed by atoms with E-state index in [1.54, 1.807) is 24.3 Å². The second-order valence-corrected chi connectivity index (χ2v) is 13.4. The van der Waals surface area contributed by atoms with Crippen LogP contribution in [0.2, 0.25) is 0 Å². The van der Waals surface area contributed by atoms with Crippen LogP contribution in [0.1, 0.15) is 16.7 Å². The van der Waals surface area contributed by atoms with E-state index in [-0.39, 0.29) is 26.9 Å². The predicted octanol–water partition coefficient (Wildman–Crippen LogP) is 5.26. The molecule has 0 radical (unpaired) electrons. The number of carbonyl (C=O) groups is 1. The Bertz CT molecular complexity index is 1840. The number of hydrogen-bond acceptors (Lipinski definition) is 7. The molecule has 12 heteroatoms. The summed E-state index contributed by atoms with van der Waals surface area (Å²) in [5, 5.41) is 2.65. The Morgan fingerprint density at radius 1 is 0.721 bits per heavy atom. The number of anilines is 3. The molecule has 0 aliphatic rings. The lowest BCUT2D eigenvalue weighted by molar-refractivity contribution is -0.114. The third kappa shape index (κ3) is 7.27. The van der Waals surface area contributed by atoms with Crippen molar-refractivity contribution in [1.29, 1.82) is 0 Å². The molecule has 0 bridgehead atoms. The van der Waals surface area contributed by atoms with Crippen molar-refractivity contribution in [3.05, 3.63) is 102 Å². The fraction of sp³-hybridized carbons (Fsp3) is 0.194. The van der Waals surface area contributed by atoms with E-state index in [1.165, 1.54) is 62.8 Å². The van der Waals surface area contributed by atoms with E-state index in [0.717, 1.165) is 21.0 Å². The first kappa shape index (κ1) is 31.4. The van der Waals surface area contributed by atoms with E-state index < -0.39 is 32.5 Å². The van der Waals surface area contributed by atoms with Gasteiger partial charge in [0.15, 0.2) is 11.5 Å². The molecule has 4 rings (SSSR count). The van der Waals surface area contributed by atoms with E-state index in [4.69, 9.17) is 9.47 Å². The SMILES string of the molecule is COc1ccc(N(CC(=O)Nc2ccc(S(=O)(=O)Nc3ccc(C)cc3C)cc2)S(=O)(=O)c2ccc(C)cc2)cc1OC. The molecular formula is C31H33N3O7S2. The second kappa shape index (κ2) is 12.8. The van der Waals surface area contributed by atoms with Crippen LogP contribution in [0.4, 0.5) is 17.1 Å². The summed E-state index contributed by atoms with van der Waals surface area (Å²) in [5.41, 5.74) is 3.61. The van der Waals surface area contributed by atoms with E-state index in [0.29, 0.717) is 11.4 Å². The molecule has 0 unspecified atom stereocenters. The molecule has 0 saturated heterocycles. The average molecular weight is 624 g/mol. The molecule has 0 saturated carbocycles. The van der Waals surface area contributed by atoms with Crippen LogP contribution in [0, 0.1) is 20.8 Å². The van der Waals surface area contributed by atoms with Gasteiger partial charge < -0.3 is 14.8 Å². The Kier molecular flexibility index (Phi) is 9.31. The summed E-state index contributed by atoms with van der Waals surface area (Å²) in [6.07, 6.45) is 0. The lowest BCUT2D eigenvalue weighted by Crippen LogP contribution is -2.38. The van der Waals surface area contributed by atoms with Gasteiger partial charge in [-0.25, -0.2) is 16.8 Å². The lowest BCUT2D eigenvalue weighted by Gasteiger charge is -2.25. The molecule has 226 valence electrons. The lowest BCUT2D eigenvalue weighted by atomic mass is 10.1. The van der Waals surface area contributed by atoms with Crippen molar-refractivity contribution in [3.8, 4) is 11.5 Å². The molecule has 0 heterocycles. The van der Waals surface area contributed by atoms with Gasteiger partial charge in [-0.15, -0.1) is 0 Å². The molecule has 0 aliphatic heterocycles. The molecule has 2 N–H and O–H groups in total. The fourth-order valence-corrected chi connectivity index (χ4v) is 6.86. The Morgan fingerprint density at radius 2 is 1.33 bits per heavy atom. The van der Waals surface area contributed by atoms with Gasteiger partial charge in [0, 0.05) is 11.8 Å².